The third-order valence-corrected chi connectivity index (χ3v) is 4.91. The Morgan fingerprint density at radius 3 is 2.13 bits per heavy atom. The molecule has 0 saturated carbocycles. The number of hydrogen-bond acceptors (Lipinski definition) is 2. The second kappa shape index (κ2) is 11.5. The molecule has 2 heteroatoms. The van der Waals surface area contributed by atoms with Crippen molar-refractivity contribution in [2.24, 2.45) is 0 Å². The number of hydrogen-bond donors (Lipinski definition) is 0. The number of rotatable bonds is 11. The summed E-state index contributed by atoms with van der Waals surface area (Å²) in [5, 5.41) is 0. The molecule has 1 heterocycles. The number of nitrogens with zero attached hydrogens (tertiary/aromatic N) is 1. The molecule has 1 aromatic rings. The zero-order valence-electron chi connectivity index (χ0n) is 15.0. The van der Waals surface area contributed by atoms with Crippen molar-refractivity contribution in [1.82, 2.24) is 4.90 Å². The molecule has 0 aromatic heterocycles. The molecule has 1 aliphatic rings. The van der Waals surface area contributed by atoms with Gasteiger partial charge >= 0.3 is 0 Å². The predicted molar refractivity (Wildman–Crippen MR) is 99.1 cm³/mol. The molecule has 0 bridgehead atoms. The molecule has 0 amide bonds. The van der Waals surface area contributed by atoms with Gasteiger partial charge in [0, 0.05) is 13.1 Å². The molecule has 2 nitrogen and oxygen atoms in total. The minimum absolute atomic E-state index is 0.409. The number of piperidine rings is 1. The van der Waals surface area contributed by atoms with E-state index in [0.717, 1.165) is 5.75 Å². The summed E-state index contributed by atoms with van der Waals surface area (Å²) in [7, 11) is 0. The number of para-hydroxylation sites is 1. The first-order chi connectivity index (χ1) is 11.4. The minimum Gasteiger partial charge on any atom is -0.490 e. The van der Waals surface area contributed by atoms with Crippen LogP contribution in [0.15, 0.2) is 30.3 Å². The van der Waals surface area contributed by atoms with Crippen LogP contribution in [0, 0.1) is 0 Å². The molecule has 0 unspecified atom stereocenters. The van der Waals surface area contributed by atoms with Gasteiger partial charge in [-0.1, -0.05) is 70.1 Å². The SMILES string of the molecule is CCCCCCCCCCN1CCC(Oc2ccccc2)CC1. The molecule has 0 atom stereocenters. The molecule has 23 heavy (non-hydrogen) atoms. The van der Waals surface area contributed by atoms with E-state index in [1.165, 1.54) is 83.8 Å². The van der Waals surface area contributed by atoms with E-state index < -0.39 is 0 Å². The van der Waals surface area contributed by atoms with Crippen LogP contribution in [0.1, 0.15) is 71.1 Å². The Hall–Kier alpha value is -1.02. The molecule has 2 rings (SSSR count). The summed E-state index contributed by atoms with van der Waals surface area (Å²) in [6.07, 6.45) is 14.0. The van der Waals surface area contributed by atoms with Crippen molar-refractivity contribution in [2.75, 3.05) is 19.6 Å². The maximum atomic E-state index is 6.07. The Labute approximate surface area is 143 Å². The first-order valence-electron chi connectivity index (χ1n) is 9.82. The predicted octanol–water partition coefficient (Wildman–Crippen LogP) is 5.67. The van der Waals surface area contributed by atoms with Crippen molar-refractivity contribution < 1.29 is 4.74 Å². The summed E-state index contributed by atoms with van der Waals surface area (Å²) >= 11 is 0. The Balaban J connectivity index is 1.47. The highest BCUT2D eigenvalue weighted by atomic mass is 16.5. The largest absolute Gasteiger partial charge is 0.490 e. The normalized spacial score (nSPS) is 16.6. The molecule has 0 aliphatic carbocycles. The smallest absolute Gasteiger partial charge is 0.119 e. The highest BCUT2D eigenvalue weighted by Crippen LogP contribution is 2.19. The van der Waals surface area contributed by atoms with E-state index in [0.29, 0.717) is 6.10 Å². The van der Waals surface area contributed by atoms with Crippen LogP contribution >= 0.6 is 0 Å². The van der Waals surface area contributed by atoms with Gasteiger partial charge in [-0.15, -0.1) is 0 Å². The van der Waals surface area contributed by atoms with E-state index in [9.17, 15) is 0 Å². The fourth-order valence-corrected chi connectivity index (χ4v) is 3.41. The van der Waals surface area contributed by atoms with Gasteiger partial charge < -0.3 is 9.64 Å². The second-order valence-corrected chi connectivity index (χ2v) is 6.95. The third kappa shape index (κ3) is 7.87. The van der Waals surface area contributed by atoms with E-state index in [1.807, 2.05) is 18.2 Å². The molecule has 0 spiro atoms. The van der Waals surface area contributed by atoms with E-state index in [1.54, 1.807) is 0 Å². The van der Waals surface area contributed by atoms with Gasteiger partial charge in [-0.3, -0.25) is 0 Å². The van der Waals surface area contributed by atoms with Crippen molar-refractivity contribution in [3.8, 4) is 5.75 Å². The zero-order chi connectivity index (χ0) is 16.2. The fraction of sp³-hybridized carbons (Fsp3) is 0.714. The van der Waals surface area contributed by atoms with Crippen molar-refractivity contribution in [1.29, 1.82) is 0 Å². The van der Waals surface area contributed by atoms with Crippen LogP contribution in [0.25, 0.3) is 0 Å². The van der Waals surface area contributed by atoms with Crippen LogP contribution in [0.4, 0.5) is 0 Å². The maximum Gasteiger partial charge on any atom is 0.119 e. The van der Waals surface area contributed by atoms with Gasteiger partial charge in [-0.05, 0) is 37.9 Å². The van der Waals surface area contributed by atoms with Crippen molar-refractivity contribution in [2.45, 2.75) is 77.2 Å². The van der Waals surface area contributed by atoms with Crippen molar-refractivity contribution in [3.05, 3.63) is 30.3 Å². The molecule has 0 radical (unpaired) electrons. The summed E-state index contributed by atoms with van der Waals surface area (Å²) in [5.41, 5.74) is 0. The monoisotopic (exact) mass is 317 g/mol. The van der Waals surface area contributed by atoms with Crippen molar-refractivity contribution >= 4 is 0 Å². The standard InChI is InChI=1S/C21H35NO/c1-2-3-4-5-6-7-8-12-17-22-18-15-21(16-19-22)23-20-13-10-9-11-14-20/h9-11,13-14,21H,2-8,12,15-19H2,1H3. The second-order valence-electron chi connectivity index (χ2n) is 6.95. The van der Waals surface area contributed by atoms with Crippen LogP contribution in [0.2, 0.25) is 0 Å². The quantitative estimate of drug-likeness (QED) is 0.487. The van der Waals surface area contributed by atoms with E-state index >= 15 is 0 Å². The maximum absolute atomic E-state index is 6.07. The van der Waals surface area contributed by atoms with Crippen molar-refractivity contribution in [3.63, 3.8) is 0 Å². The topological polar surface area (TPSA) is 12.5 Å². The summed E-state index contributed by atoms with van der Waals surface area (Å²) < 4.78 is 6.07. The van der Waals surface area contributed by atoms with E-state index in [-0.39, 0.29) is 0 Å². The number of unbranched alkanes of at least 4 members (excludes halogenated alkanes) is 7. The Bertz CT molecular complexity index is 384. The van der Waals surface area contributed by atoms with Gasteiger partial charge in [-0.25, -0.2) is 0 Å². The molecule has 1 fully saturated rings. The van der Waals surface area contributed by atoms with Gasteiger partial charge in [0.15, 0.2) is 0 Å². The lowest BCUT2D eigenvalue weighted by molar-refractivity contribution is 0.0995. The Morgan fingerprint density at radius 1 is 0.870 bits per heavy atom. The van der Waals surface area contributed by atoms with Gasteiger partial charge in [0.05, 0.1) is 0 Å². The summed E-state index contributed by atoms with van der Waals surface area (Å²) in [6, 6.07) is 10.3. The summed E-state index contributed by atoms with van der Waals surface area (Å²) in [6.45, 7) is 5.98. The lowest BCUT2D eigenvalue weighted by Gasteiger charge is -2.32. The highest BCUT2D eigenvalue weighted by molar-refractivity contribution is 5.21. The molecule has 1 aromatic carbocycles. The number of benzene rings is 1. The third-order valence-electron chi connectivity index (χ3n) is 4.91. The van der Waals surface area contributed by atoms with E-state index in [2.05, 4.69) is 24.0 Å². The molecule has 0 N–H and O–H groups in total. The van der Waals surface area contributed by atoms with Gasteiger partial charge in [0.2, 0.25) is 0 Å². The van der Waals surface area contributed by atoms with Gasteiger partial charge in [0.25, 0.3) is 0 Å². The fourth-order valence-electron chi connectivity index (χ4n) is 3.41. The van der Waals surface area contributed by atoms with Gasteiger partial charge in [-0.2, -0.15) is 0 Å². The number of ether oxygens (including phenoxy) is 1. The Morgan fingerprint density at radius 2 is 1.48 bits per heavy atom. The van der Waals surface area contributed by atoms with Crippen LogP contribution in [0.5, 0.6) is 5.75 Å². The first kappa shape index (κ1) is 18.3. The lowest BCUT2D eigenvalue weighted by atomic mass is 10.1. The summed E-state index contributed by atoms with van der Waals surface area (Å²) in [4.78, 5) is 2.63. The minimum atomic E-state index is 0.409. The lowest BCUT2D eigenvalue weighted by Crippen LogP contribution is -2.38. The molecule has 1 aliphatic heterocycles. The highest BCUT2D eigenvalue weighted by Gasteiger charge is 2.19. The first-order valence-corrected chi connectivity index (χ1v) is 9.82. The molecule has 1 saturated heterocycles. The molecular weight excluding hydrogens is 282 g/mol. The van der Waals surface area contributed by atoms with Crippen LogP contribution < -0.4 is 4.74 Å². The van der Waals surface area contributed by atoms with E-state index in [4.69, 9.17) is 4.74 Å². The zero-order valence-corrected chi connectivity index (χ0v) is 15.0. The average Bonchev–Trinajstić information content (AvgIpc) is 2.60. The molecule has 130 valence electrons. The van der Waals surface area contributed by atoms with Crippen LogP contribution in [-0.2, 0) is 0 Å². The van der Waals surface area contributed by atoms with Crippen LogP contribution in [-0.4, -0.2) is 30.6 Å². The Kier molecular flexibility index (Phi) is 9.16. The van der Waals surface area contributed by atoms with Gasteiger partial charge in [0.1, 0.15) is 11.9 Å². The number of likely N-dealkylation sites (tertiary alicyclic amines) is 1. The molecular formula is C21H35NO. The average molecular weight is 318 g/mol. The summed E-state index contributed by atoms with van der Waals surface area (Å²) in [5.74, 6) is 1.02. The van der Waals surface area contributed by atoms with Crippen LogP contribution in [0.3, 0.4) is 0 Å².